The van der Waals surface area contributed by atoms with Gasteiger partial charge >= 0.3 is 0 Å². The summed E-state index contributed by atoms with van der Waals surface area (Å²) < 4.78 is 11.2. The molecule has 1 saturated heterocycles. The highest BCUT2D eigenvalue weighted by Gasteiger charge is 2.45. The second-order valence-corrected chi connectivity index (χ2v) is 5.76. The van der Waals surface area contributed by atoms with Crippen molar-refractivity contribution in [2.75, 3.05) is 20.3 Å². The molecule has 4 heteroatoms. The lowest BCUT2D eigenvalue weighted by atomic mass is 9.73. The quantitative estimate of drug-likeness (QED) is 0.904. The number of hydrogen-bond acceptors (Lipinski definition) is 3. The predicted molar refractivity (Wildman–Crippen MR) is 75.9 cm³/mol. The summed E-state index contributed by atoms with van der Waals surface area (Å²) in [6.45, 7) is 1.68. The van der Waals surface area contributed by atoms with Crippen LogP contribution >= 0.6 is 11.6 Å². The van der Waals surface area contributed by atoms with Crippen molar-refractivity contribution in [3.8, 4) is 5.75 Å². The average Bonchev–Trinajstić information content (AvgIpc) is 2.46. The molecule has 2 unspecified atom stereocenters. The largest absolute Gasteiger partial charge is 0.497 e. The Bertz CT molecular complexity index is 451. The van der Waals surface area contributed by atoms with E-state index >= 15 is 0 Å². The first kappa shape index (κ1) is 13.2. The third-order valence-corrected chi connectivity index (χ3v) is 4.67. The normalized spacial score (nSPS) is 30.7. The van der Waals surface area contributed by atoms with E-state index in [0.29, 0.717) is 0 Å². The van der Waals surface area contributed by atoms with Gasteiger partial charge in [0.1, 0.15) is 5.75 Å². The van der Waals surface area contributed by atoms with Crippen LogP contribution in [-0.2, 0) is 10.3 Å². The van der Waals surface area contributed by atoms with Gasteiger partial charge in [-0.05, 0) is 30.5 Å². The number of ether oxygens (including phenoxy) is 2. The minimum Gasteiger partial charge on any atom is -0.497 e. The van der Waals surface area contributed by atoms with Crippen molar-refractivity contribution in [3.63, 3.8) is 0 Å². The topological polar surface area (TPSA) is 30.5 Å². The molecule has 0 radical (unpaired) electrons. The first-order chi connectivity index (χ1) is 9.26. The van der Waals surface area contributed by atoms with Gasteiger partial charge in [0.2, 0.25) is 0 Å². The molecule has 1 aliphatic heterocycles. The Morgan fingerprint density at radius 3 is 3.11 bits per heavy atom. The summed E-state index contributed by atoms with van der Waals surface area (Å²) >= 11 is 6.48. The molecule has 0 aromatic heterocycles. The van der Waals surface area contributed by atoms with Gasteiger partial charge in [0.15, 0.2) is 0 Å². The Morgan fingerprint density at radius 1 is 1.42 bits per heavy atom. The maximum atomic E-state index is 6.48. The van der Waals surface area contributed by atoms with Gasteiger partial charge < -0.3 is 14.8 Å². The lowest BCUT2D eigenvalue weighted by Crippen LogP contribution is -2.59. The highest BCUT2D eigenvalue weighted by molar-refractivity contribution is 6.31. The van der Waals surface area contributed by atoms with E-state index in [-0.39, 0.29) is 11.6 Å². The zero-order valence-electron chi connectivity index (χ0n) is 11.2. The number of nitrogens with one attached hydrogen (secondary N) is 1. The van der Waals surface area contributed by atoms with Crippen LogP contribution in [-0.4, -0.2) is 26.4 Å². The van der Waals surface area contributed by atoms with Crippen LogP contribution in [0.15, 0.2) is 18.2 Å². The predicted octanol–water partition coefficient (Wildman–Crippen LogP) is 3.11. The molecule has 0 bridgehead atoms. The minimum atomic E-state index is -0.111. The minimum absolute atomic E-state index is 0.111. The van der Waals surface area contributed by atoms with E-state index in [9.17, 15) is 0 Å². The summed E-state index contributed by atoms with van der Waals surface area (Å²) in [4.78, 5) is 0. The Balaban J connectivity index is 2.01. The maximum absolute atomic E-state index is 6.48. The molecule has 0 amide bonds. The zero-order valence-corrected chi connectivity index (χ0v) is 12.0. The molecule has 19 heavy (non-hydrogen) atoms. The van der Waals surface area contributed by atoms with E-state index in [1.807, 2.05) is 12.1 Å². The Kier molecular flexibility index (Phi) is 3.70. The fourth-order valence-corrected chi connectivity index (χ4v) is 3.77. The van der Waals surface area contributed by atoms with Gasteiger partial charge in [-0.1, -0.05) is 30.5 Å². The molecular formula is C15H20ClNO2. The van der Waals surface area contributed by atoms with Crippen LogP contribution in [0.3, 0.4) is 0 Å². The highest BCUT2D eigenvalue weighted by atomic mass is 35.5. The molecule has 0 spiro atoms. The van der Waals surface area contributed by atoms with Crippen molar-refractivity contribution in [1.82, 2.24) is 5.32 Å². The second kappa shape index (κ2) is 5.31. The Labute approximate surface area is 119 Å². The fraction of sp³-hybridized carbons (Fsp3) is 0.600. The number of morpholine rings is 1. The fourth-order valence-electron chi connectivity index (χ4n) is 3.43. The molecule has 2 atom stereocenters. The zero-order chi connectivity index (χ0) is 13.3. The molecule has 1 saturated carbocycles. The van der Waals surface area contributed by atoms with Crippen LogP contribution in [0.1, 0.15) is 31.2 Å². The van der Waals surface area contributed by atoms with E-state index in [1.165, 1.54) is 12.8 Å². The van der Waals surface area contributed by atoms with Crippen LogP contribution in [0.25, 0.3) is 0 Å². The average molecular weight is 282 g/mol. The molecule has 1 aliphatic carbocycles. The molecular weight excluding hydrogens is 262 g/mol. The number of methoxy groups -OCH3 is 1. The van der Waals surface area contributed by atoms with Crippen LogP contribution in [0.4, 0.5) is 0 Å². The first-order valence-corrected chi connectivity index (χ1v) is 7.35. The number of hydrogen-bond donors (Lipinski definition) is 1. The van der Waals surface area contributed by atoms with Gasteiger partial charge in [-0.2, -0.15) is 0 Å². The number of fused-ring (bicyclic) bond motifs is 1. The highest BCUT2D eigenvalue weighted by Crippen LogP contribution is 2.43. The Morgan fingerprint density at radius 2 is 2.32 bits per heavy atom. The van der Waals surface area contributed by atoms with Crippen LogP contribution in [0.2, 0.25) is 5.02 Å². The maximum Gasteiger partial charge on any atom is 0.120 e. The molecule has 2 fully saturated rings. The van der Waals surface area contributed by atoms with Crippen LogP contribution in [0, 0.1) is 0 Å². The third-order valence-electron chi connectivity index (χ3n) is 4.36. The van der Waals surface area contributed by atoms with Gasteiger partial charge in [-0.15, -0.1) is 0 Å². The molecule has 104 valence electrons. The van der Waals surface area contributed by atoms with Gasteiger partial charge in [0.05, 0.1) is 25.4 Å². The molecule has 1 aromatic carbocycles. The van der Waals surface area contributed by atoms with Crippen LogP contribution < -0.4 is 10.1 Å². The SMILES string of the molecule is COc1ccc(C23CCCCC2OCCN3)c(Cl)c1. The van der Waals surface area contributed by atoms with E-state index in [4.69, 9.17) is 21.1 Å². The standard InChI is InChI=1S/C15H20ClNO2/c1-18-11-5-6-12(13(16)10-11)15-7-3-2-4-14(15)19-9-8-17-15/h5-6,10,14,17H,2-4,7-9H2,1H3. The summed E-state index contributed by atoms with van der Waals surface area (Å²) in [6.07, 6.45) is 4.89. The number of rotatable bonds is 2. The van der Waals surface area contributed by atoms with E-state index in [1.54, 1.807) is 7.11 Å². The van der Waals surface area contributed by atoms with Crippen molar-refractivity contribution < 1.29 is 9.47 Å². The monoisotopic (exact) mass is 281 g/mol. The third kappa shape index (κ3) is 2.24. The van der Waals surface area contributed by atoms with E-state index < -0.39 is 0 Å². The molecule has 1 aromatic rings. The van der Waals surface area contributed by atoms with Crippen molar-refractivity contribution >= 4 is 11.6 Å². The van der Waals surface area contributed by atoms with Gasteiger partial charge in [-0.3, -0.25) is 0 Å². The van der Waals surface area contributed by atoms with Gasteiger partial charge in [-0.25, -0.2) is 0 Å². The second-order valence-electron chi connectivity index (χ2n) is 5.35. The summed E-state index contributed by atoms with van der Waals surface area (Å²) in [7, 11) is 1.66. The molecule has 2 aliphatic rings. The molecule has 3 rings (SSSR count). The first-order valence-electron chi connectivity index (χ1n) is 6.97. The molecule has 1 N–H and O–H groups in total. The van der Waals surface area contributed by atoms with Crippen LogP contribution in [0.5, 0.6) is 5.75 Å². The van der Waals surface area contributed by atoms with E-state index in [0.717, 1.165) is 42.3 Å². The van der Waals surface area contributed by atoms with Crippen molar-refractivity contribution in [1.29, 1.82) is 0 Å². The van der Waals surface area contributed by atoms with Gasteiger partial charge in [0, 0.05) is 11.6 Å². The van der Waals surface area contributed by atoms with Crippen molar-refractivity contribution in [2.45, 2.75) is 37.3 Å². The summed E-state index contributed by atoms with van der Waals surface area (Å²) in [5.74, 6) is 0.800. The van der Waals surface area contributed by atoms with Crippen molar-refractivity contribution in [2.24, 2.45) is 0 Å². The number of benzene rings is 1. The summed E-state index contributed by atoms with van der Waals surface area (Å²) in [6, 6.07) is 5.96. The summed E-state index contributed by atoms with van der Waals surface area (Å²) in [5.41, 5.74) is 1.04. The lowest BCUT2D eigenvalue weighted by Gasteiger charge is -2.48. The Hall–Kier alpha value is -0.770. The van der Waals surface area contributed by atoms with Crippen molar-refractivity contribution in [3.05, 3.63) is 28.8 Å². The summed E-state index contributed by atoms with van der Waals surface area (Å²) in [5, 5.41) is 4.45. The van der Waals surface area contributed by atoms with Gasteiger partial charge in [0.25, 0.3) is 0 Å². The molecule has 1 heterocycles. The molecule has 3 nitrogen and oxygen atoms in total. The number of halogens is 1. The van der Waals surface area contributed by atoms with E-state index in [2.05, 4.69) is 11.4 Å². The smallest absolute Gasteiger partial charge is 0.120 e. The lowest BCUT2D eigenvalue weighted by molar-refractivity contribution is -0.0756.